The molecular formula is C6H16N4. The highest BCUT2D eigenvalue weighted by molar-refractivity contribution is 5.75. The molecule has 10 heavy (non-hydrogen) atoms. The summed E-state index contributed by atoms with van der Waals surface area (Å²) in [4.78, 5) is 0. The molecule has 4 heteroatoms. The second kappa shape index (κ2) is 3.29. The van der Waals surface area contributed by atoms with Crippen LogP contribution in [-0.4, -0.2) is 12.5 Å². The van der Waals surface area contributed by atoms with Crippen molar-refractivity contribution < 1.29 is 0 Å². The van der Waals surface area contributed by atoms with E-state index in [1.807, 2.05) is 0 Å². The van der Waals surface area contributed by atoms with Gasteiger partial charge in [-0.05, 0) is 5.41 Å². The Morgan fingerprint density at radius 2 is 1.90 bits per heavy atom. The van der Waals surface area contributed by atoms with Crippen molar-refractivity contribution in [2.75, 3.05) is 6.54 Å². The molecule has 0 aromatic heterocycles. The molecule has 0 saturated carbocycles. The van der Waals surface area contributed by atoms with Gasteiger partial charge >= 0.3 is 0 Å². The highest BCUT2D eigenvalue weighted by atomic mass is 15.3. The molecule has 0 heterocycles. The molecule has 0 atom stereocenters. The number of rotatable bonds is 2. The first kappa shape index (κ1) is 9.07. The zero-order chi connectivity index (χ0) is 8.20. The lowest BCUT2D eigenvalue weighted by Gasteiger charge is -2.16. The van der Waals surface area contributed by atoms with Crippen molar-refractivity contribution in [3.63, 3.8) is 0 Å². The normalized spacial score (nSPS) is 10.7. The van der Waals surface area contributed by atoms with Gasteiger partial charge in [0.15, 0.2) is 0 Å². The van der Waals surface area contributed by atoms with Crippen LogP contribution >= 0.6 is 0 Å². The van der Waals surface area contributed by atoms with Crippen molar-refractivity contribution >= 4 is 5.96 Å². The third-order valence-corrected chi connectivity index (χ3v) is 0.818. The molecule has 0 rings (SSSR count). The first-order chi connectivity index (χ1) is 4.42. The monoisotopic (exact) mass is 144 g/mol. The van der Waals surface area contributed by atoms with E-state index in [4.69, 9.17) is 11.5 Å². The molecule has 0 amide bonds. The summed E-state index contributed by atoms with van der Waals surface area (Å²) in [5.41, 5.74) is 13.1. The second-order valence-corrected chi connectivity index (χ2v) is 3.43. The standard InChI is InChI=1S/C6H16N4/c1-6(2,3)4-9-10-5(7)8/h9H,4H2,1-3H3,(H4,7,8,10). The molecule has 60 valence electrons. The minimum absolute atomic E-state index is 0.0734. The molecule has 4 nitrogen and oxygen atoms in total. The fraction of sp³-hybridized carbons (Fsp3) is 0.833. The summed E-state index contributed by atoms with van der Waals surface area (Å²) in [5, 5.41) is 3.63. The fourth-order valence-electron chi connectivity index (χ4n) is 0.368. The van der Waals surface area contributed by atoms with Gasteiger partial charge in [-0.3, -0.25) is 0 Å². The van der Waals surface area contributed by atoms with E-state index in [1.165, 1.54) is 0 Å². The van der Waals surface area contributed by atoms with Crippen LogP contribution in [0.15, 0.2) is 5.10 Å². The van der Waals surface area contributed by atoms with Crippen molar-refractivity contribution in [2.45, 2.75) is 20.8 Å². The molecule has 0 aliphatic heterocycles. The van der Waals surface area contributed by atoms with Gasteiger partial charge in [-0.1, -0.05) is 20.8 Å². The molecular weight excluding hydrogens is 128 g/mol. The van der Waals surface area contributed by atoms with Crippen molar-refractivity contribution in [3.05, 3.63) is 0 Å². The van der Waals surface area contributed by atoms with E-state index >= 15 is 0 Å². The van der Waals surface area contributed by atoms with Gasteiger partial charge in [0, 0.05) is 6.54 Å². The van der Waals surface area contributed by atoms with Gasteiger partial charge in [0.05, 0.1) is 0 Å². The number of guanidine groups is 1. The zero-order valence-electron chi connectivity index (χ0n) is 6.81. The Bertz CT molecular complexity index is 118. The largest absolute Gasteiger partial charge is 0.369 e. The Kier molecular flexibility index (Phi) is 2.99. The number of hydrogen-bond donors (Lipinski definition) is 3. The average Bonchev–Trinajstić information content (AvgIpc) is 1.59. The topological polar surface area (TPSA) is 76.4 Å². The minimum atomic E-state index is 0.0734. The molecule has 5 N–H and O–H groups in total. The van der Waals surface area contributed by atoms with Gasteiger partial charge in [-0.2, -0.15) is 0 Å². The van der Waals surface area contributed by atoms with Gasteiger partial charge < -0.3 is 16.9 Å². The van der Waals surface area contributed by atoms with Gasteiger partial charge in [0.2, 0.25) is 5.96 Å². The Morgan fingerprint density at radius 3 is 2.20 bits per heavy atom. The lowest BCUT2D eigenvalue weighted by atomic mass is 9.98. The lowest BCUT2D eigenvalue weighted by molar-refractivity contribution is 0.385. The number of hydrazone groups is 1. The molecule has 0 fully saturated rings. The Labute approximate surface area is 61.7 Å². The summed E-state index contributed by atoms with van der Waals surface area (Å²) < 4.78 is 0. The van der Waals surface area contributed by atoms with Crippen LogP contribution in [0.1, 0.15) is 20.8 Å². The van der Waals surface area contributed by atoms with Gasteiger partial charge in [0.25, 0.3) is 0 Å². The van der Waals surface area contributed by atoms with Crippen LogP contribution in [0.4, 0.5) is 0 Å². The van der Waals surface area contributed by atoms with Crippen LogP contribution in [-0.2, 0) is 0 Å². The van der Waals surface area contributed by atoms with Crippen LogP contribution in [0.5, 0.6) is 0 Å². The van der Waals surface area contributed by atoms with Gasteiger partial charge in [0.1, 0.15) is 0 Å². The van der Waals surface area contributed by atoms with Crippen LogP contribution in [0.25, 0.3) is 0 Å². The average molecular weight is 144 g/mol. The number of nitrogens with two attached hydrogens (primary N) is 2. The molecule has 0 spiro atoms. The maximum absolute atomic E-state index is 5.09. The van der Waals surface area contributed by atoms with E-state index in [0.717, 1.165) is 6.54 Å². The summed E-state index contributed by atoms with van der Waals surface area (Å²) >= 11 is 0. The fourth-order valence-corrected chi connectivity index (χ4v) is 0.368. The smallest absolute Gasteiger partial charge is 0.208 e. The van der Waals surface area contributed by atoms with E-state index < -0.39 is 0 Å². The quantitative estimate of drug-likeness (QED) is 0.285. The summed E-state index contributed by atoms with van der Waals surface area (Å²) in [5.74, 6) is 0.0734. The molecule has 0 radical (unpaired) electrons. The van der Waals surface area contributed by atoms with Crippen LogP contribution in [0, 0.1) is 5.41 Å². The van der Waals surface area contributed by atoms with Crippen LogP contribution in [0.2, 0.25) is 0 Å². The SMILES string of the molecule is CC(C)(C)CNN=C(N)N. The number of hydrogen-bond acceptors (Lipinski definition) is 2. The lowest BCUT2D eigenvalue weighted by Crippen LogP contribution is -2.30. The Morgan fingerprint density at radius 1 is 1.40 bits per heavy atom. The highest BCUT2D eigenvalue weighted by Gasteiger charge is 2.07. The van der Waals surface area contributed by atoms with E-state index in [9.17, 15) is 0 Å². The van der Waals surface area contributed by atoms with Gasteiger partial charge in [-0.25, -0.2) is 0 Å². The molecule has 0 aromatic carbocycles. The Balaban J connectivity index is 3.47. The minimum Gasteiger partial charge on any atom is -0.369 e. The van der Waals surface area contributed by atoms with Crippen LogP contribution < -0.4 is 16.9 Å². The van der Waals surface area contributed by atoms with E-state index in [0.29, 0.717) is 0 Å². The second-order valence-electron chi connectivity index (χ2n) is 3.43. The van der Waals surface area contributed by atoms with Crippen molar-refractivity contribution in [1.82, 2.24) is 5.43 Å². The Hall–Kier alpha value is -0.930. The zero-order valence-corrected chi connectivity index (χ0v) is 6.81. The van der Waals surface area contributed by atoms with Crippen molar-refractivity contribution in [1.29, 1.82) is 0 Å². The molecule has 0 aliphatic rings. The first-order valence-corrected chi connectivity index (χ1v) is 3.23. The molecule has 0 saturated heterocycles. The van der Waals surface area contributed by atoms with E-state index in [1.54, 1.807) is 0 Å². The molecule has 0 aliphatic carbocycles. The van der Waals surface area contributed by atoms with E-state index in [2.05, 4.69) is 31.3 Å². The number of nitrogens with zero attached hydrogens (tertiary/aromatic N) is 1. The van der Waals surface area contributed by atoms with E-state index in [-0.39, 0.29) is 11.4 Å². The van der Waals surface area contributed by atoms with Gasteiger partial charge in [-0.15, -0.1) is 5.10 Å². The third-order valence-electron chi connectivity index (χ3n) is 0.818. The summed E-state index contributed by atoms with van der Waals surface area (Å²) in [6, 6.07) is 0. The van der Waals surface area contributed by atoms with Crippen LogP contribution in [0.3, 0.4) is 0 Å². The molecule has 0 bridgehead atoms. The number of nitrogens with one attached hydrogen (secondary N) is 1. The highest BCUT2D eigenvalue weighted by Crippen LogP contribution is 2.09. The maximum Gasteiger partial charge on any atom is 0.208 e. The first-order valence-electron chi connectivity index (χ1n) is 3.23. The summed E-state index contributed by atoms with van der Waals surface area (Å²) in [6.07, 6.45) is 0. The molecule has 0 aromatic rings. The summed E-state index contributed by atoms with van der Waals surface area (Å²) in [7, 11) is 0. The predicted octanol–water partition coefficient (Wildman–Crippen LogP) is -0.189. The predicted molar refractivity (Wildman–Crippen MR) is 43.3 cm³/mol. The molecule has 0 unspecified atom stereocenters. The third kappa shape index (κ3) is 7.07. The summed E-state index contributed by atoms with van der Waals surface area (Å²) in [6.45, 7) is 7.07. The van der Waals surface area contributed by atoms with Crippen molar-refractivity contribution in [3.8, 4) is 0 Å². The van der Waals surface area contributed by atoms with Crippen molar-refractivity contribution in [2.24, 2.45) is 22.0 Å². The maximum atomic E-state index is 5.09.